The van der Waals surface area contributed by atoms with E-state index in [1.54, 1.807) is 0 Å². The van der Waals surface area contributed by atoms with Crippen molar-refractivity contribution >= 4 is 11.9 Å². The Hall–Kier alpha value is -1.14. The summed E-state index contributed by atoms with van der Waals surface area (Å²) >= 11 is 0. The number of nitrogens with zero attached hydrogens (tertiary/aromatic N) is 1. The Morgan fingerprint density at radius 1 is 1.33 bits per heavy atom. The highest BCUT2D eigenvalue weighted by molar-refractivity contribution is 5.78. The monoisotopic (exact) mass is 296 g/mol. The summed E-state index contributed by atoms with van der Waals surface area (Å²) in [5.74, 6) is -0.264. The molecule has 0 aromatic carbocycles. The van der Waals surface area contributed by atoms with Gasteiger partial charge < -0.3 is 20.1 Å². The third-order valence-electron chi connectivity index (χ3n) is 5.28. The number of morpholine rings is 1. The molecule has 6 heteroatoms. The molecule has 5 unspecified atom stereocenters. The van der Waals surface area contributed by atoms with Gasteiger partial charge in [0.1, 0.15) is 0 Å². The molecule has 0 spiro atoms. The summed E-state index contributed by atoms with van der Waals surface area (Å²) in [6, 6.07) is -0.0383. The van der Waals surface area contributed by atoms with Gasteiger partial charge >= 0.3 is 5.97 Å². The second-order valence-electron chi connectivity index (χ2n) is 6.63. The Bertz CT molecular complexity index is 428. The molecule has 3 fully saturated rings. The summed E-state index contributed by atoms with van der Waals surface area (Å²) in [5, 5.41) is 12.6. The number of ether oxygens (including phenoxy) is 1. The van der Waals surface area contributed by atoms with Crippen LogP contribution in [-0.4, -0.2) is 60.3 Å². The van der Waals surface area contributed by atoms with Crippen molar-refractivity contribution in [1.82, 2.24) is 10.2 Å². The molecule has 118 valence electrons. The quantitative estimate of drug-likeness (QED) is 0.781. The lowest BCUT2D eigenvalue weighted by Gasteiger charge is -2.33. The summed E-state index contributed by atoms with van der Waals surface area (Å²) in [6.07, 6.45) is 3.19. The number of hydrogen-bond donors (Lipinski definition) is 2. The number of aliphatic carboxylic acids is 1. The number of fused-ring (bicyclic) bond motifs is 2. The highest BCUT2D eigenvalue weighted by atomic mass is 16.5. The maximum atomic E-state index is 12.2. The minimum Gasteiger partial charge on any atom is -0.481 e. The zero-order chi connectivity index (χ0) is 15.0. The number of nitrogens with one attached hydrogen (secondary N) is 1. The largest absolute Gasteiger partial charge is 0.481 e. The minimum absolute atomic E-state index is 0.0383. The average Bonchev–Trinajstić information content (AvgIpc) is 3.05. The lowest BCUT2D eigenvalue weighted by molar-refractivity contribution is -0.145. The highest BCUT2D eigenvalue weighted by Gasteiger charge is 2.50. The predicted molar refractivity (Wildman–Crippen MR) is 75.7 cm³/mol. The van der Waals surface area contributed by atoms with Crippen LogP contribution in [0, 0.1) is 17.8 Å². The van der Waals surface area contributed by atoms with Gasteiger partial charge in [-0.3, -0.25) is 9.59 Å². The van der Waals surface area contributed by atoms with Crippen LogP contribution in [0.2, 0.25) is 0 Å². The SMILES string of the molecule is CC1CN(C(=O)CNC2C3CCC(C3)C2C(=O)O)CCO1. The number of carbonyl (C=O) groups excluding carboxylic acids is 1. The minimum atomic E-state index is -0.716. The van der Waals surface area contributed by atoms with Gasteiger partial charge in [-0.25, -0.2) is 0 Å². The Kier molecular flexibility index (Phi) is 4.17. The molecular weight excluding hydrogens is 272 g/mol. The van der Waals surface area contributed by atoms with Gasteiger partial charge in [0.2, 0.25) is 5.91 Å². The van der Waals surface area contributed by atoms with Crippen LogP contribution in [0.4, 0.5) is 0 Å². The zero-order valence-corrected chi connectivity index (χ0v) is 12.5. The molecule has 0 radical (unpaired) electrons. The molecule has 3 aliphatic rings. The van der Waals surface area contributed by atoms with Gasteiger partial charge in [0.15, 0.2) is 0 Å². The maximum absolute atomic E-state index is 12.2. The standard InChI is InChI=1S/C15H24N2O4/c1-9-8-17(4-5-21-9)12(18)7-16-14-11-3-2-10(6-11)13(14)15(19)20/h9-11,13-14,16H,2-8H2,1H3,(H,19,20). The Labute approximate surface area is 124 Å². The van der Waals surface area contributed by atoms with Crippen molar-refractivity contribution in [2.45, 2.75) is 38.3 Å². The molecule has 1 amide bonds. The molecule has 2 aliphatic carbocycles. The van der Waals surface area contributed by atoms with Crippen LogP contribution < -0.4 is 5.32 Å². The van der Waals surface area contributed by atoms with Gasteiger partial charge in [0, 0.05) is 19.1 Å². The normalized spacial score (nSPS) is 38.7. The summed E-state index contributed by atoms with van der Waals surface area (Å²) in [6.45, 7) is 4.04. The van der Waals surface area contributed by atoms with Crippen molar-refractivity contribution in [3.8, 4) is 0 Å². The van der Waals surface area contributed by atoms with Crippen molar-refractivity contribution in [2.24, 2.45) is 17.8 Å². The second kappa shape index (κ2) is 5.93. The van der Waals surface area contributed by atoms with Crippen LogP contribution in [0.15, 0.2) is 0 Å². The molecule has 1 heterocycles. The van der Waals surface area contributed by atoms with Gasteiger partial charge in [-0.05, 0) is 38.0 Å². The van der Waals surface area contributed by atoms with E-state index in [1.165, 1.54) is 0 Å². The molecule has 0 aromatic rings. The Morgan fingerprint density at radius 3 is 2.81 bits per heavy atom. The van der Waals surface area contributed by atoms with Crippen LogP contribution >= 0.6 is 0 Å². The molecule has 3 rings (SSSR count). The van der Waals surface area contributed by atoms with Crippen molar-refractivity contribution < 1.29 is 19.4 Å². The molecule has 2 N–H and O–H groups in total. The molecule has 21 heavy (non-hydrogen) atoms. The van der Waals surface area contributed by atoms with E-state index in [-0.39, 0.29) is 30.5 Å². The van der Waals surface area contributed by atoms with E-state index in [4.69, 9.17) is 4.74 Å². The van der Waals surface area contributed by atoms with Gasteiger partial charge in [0.25, 0.3) is 0 Å². The van der Waals surface area contributed by atoms with Gasteiger partial charge in [-0.1, -0.05) is 0 Å². The van der Waals surface area contributed by atoms with Crippen molar-refractivity contribution in [1.29, 1.82) is 0 Å². The fourth-order valence-electron chi connectivity index (χ4n) is 4.30. The highest BCUT2D eigenvalue weighted by Crippen LogP contribution is 2.48. The van der Waals surface area contributed by atoms with Crippen LogP contribution in [0.1, 0.15) is 26.2 Å². The molecule has 6 nitrogen and oxygen atoms in total. The van der Waals surface area contributed by atoms with Crippen LogP contribution in [-0.2, 0) is 14.3 Å². The molecule has 2 bridgehead atoms. The topological polar surface area (TPSA) is 78.9 Å². The molecule has 1 aliphatic heterocycles. The number of hydrogen-bond acceptors (Lipinski definition) is 4. The zero-order valence-electron chi connectivity index (χ0n) is 12.5. The first-order valence-corrected chi connectivity index (χ1v) is 7.92. The molecule has 5 atom stereocenters. The Balaban J connectivity index is 1.54. The smallest absolute Gasteiger partial charge is 0.308 e. The first kappa shape index (κ1) is 14.8. The number of rotatable bonds is 4. The third kappa shape index (κ3) is 2.92. The van der Waals surface area contributed by atoms with Crippen LogP contribution in [0.5, 0.6) is 0 Å². The van der Waals surface area contributed by atoms with E-state index in [1.807, 2.05) is 11.8 Å². The first-order chi connectivity index (χ1) is 10.1. The molecular formula is C15H24N2O4. The van der Waals surface area contributed by atoms with Crippen molar-refractivity contribution in [3.63, 3.8) is 0 Å². The summed E-state index contributed by atoms with van der Waals surface area (Å²) in [7, 11) is 0. The van der Waals surface area contributed by atoms with E-state index in [0.717, 1.165) is 19.3 Å². The number of carbonyl (C=O) groups is 2. The number of amides is 1. The first-order valence-electron chi connectivity index (χ1n) is 7.92. The molecule has 2 saturated carbocycles. The second-order valence-corrected chi connectivity index (χ2v) is 6.63. The lowest BCUT2D eigenvalue weighted by Crippen LogP contribution is -2.51. The lowest BCUT2D eigenvalue weighted by atomic mass is 9.84. The maximum Gasteiger partial charge on any atom is 0.308 e. The fraction of sp³-hybridized carbons (Fsp3) is 0.867. The predicted octanol–water partition coefficient (Wildman–Crippen LogP) is 0.323. The van der Waals surface area contributed by atoms with Crippen molar-refractivity contribution in [3.05, 3.63) is 0 Å². The van der Waals surface area contributed by atoms with E-state index < -0.39 is 5.97 Å². The molecule has 0 aromatic heterocycles. The summed E-state index contributed by atoms with van der Waals surface area (Å²) in [4.78, 5) is 25.5. The van der Waals surface area contributed by atoms with Crippen LogP contribution in [0.3, 0.4) is 0 Å². The average molecular weight is 296 g/mol. The Morgan fingerprint density at radius 2 is 2.10 bits per heavy atom. The molecule has 1 saturated heterocycles. The van der Waals surface area contributed by atoms with E-state index in [9.17, 15) is 14.7 Å². The summed E-state index contributed by atoms with van der Waals surface area (Å²) < 4.78 is 5.43. The van der Waals surface area contributed by atoms with E-state index in [2.05, 4.69) is 5.32 Å². The summed E-state index contributed by atoms with van der Waals surface area (Å²) in [5.41, 5.74) is 0. The van der Waals surface area contributed by atoms with E-state index in [0.29, 0.717) is 31.5 Å². The number of carboxylic acids is 1. The van der Waals surface area contributed by atoms with Crippen molar-refractivity contribution in [2.75, 3.05) is 26.2 Å². The van der Waals surface area contributed by atoms with Gasteiger partial charge in [-0.15, -0.1) is 0 Å². The van der Waals surface area contributed by atoms with Gasteiger partial charge in [0.05, 0.1) is 25.2 Å². The number of carboxylic acid groups (broad SMARTS) is 1. The fourth-order valence-corrected chi connectivity index (χ4v) is 4.30. The van der Waals surface area contributed by atoms with Gasteiger partial charge in [-0.2, -0.15) is 0 Å². The van der Waals surface area contributed by atoms with E-state index >= 15 is 0 Å². The third-order valence-corrected chi connectivity index (χ3v) is 5.28. The van der Waals surface area contributed by atoms with Crippen LogP contribution in [0.25, 0.3) is 0 Å².